The molecule has 3 rings (SSSR count). The fourth-order valence-electron chi connectivity index (χ4n) is 2.12. The minimum atomic E-state index is -0.321. The number of benzene rings is 1. The molecule has 0 aliphatic heterocycles. The Morgan fingerprint density at radius 2 is 2.10 bits per heavy atom. The Bertz CT molecular complexity index is 832. The first-order valence-electron chi connectivity index (χ1n) is 6.11. The molecule has 0 bridgehead atoms. The summed E-state index contributed by atoms with van der Waals surface area (Å²) < 4.78 is 15.9. The Labute approximate surface area is 144 Å². The van der Waals surface area contributed by atoms with Gasteiger partial charge in [0.1, 0.15) is 17.2 Å². The zero-order valence-corrected chi connectivity index (χ0v) is 14.5. The van der Waals surface area contributed by atoms with E-state index in [0.29, 0.717) is 22.0 Å². The van der Waals surface area contributed by atoms with Crippen LogP contribution in [0.2, 0.25) is 5.02 Å². The van der Waals surface area contributed by atoms with Gasteiger partial charge in [0.2, 0.25) is 0 Å². The van der Waals surface area contributed by atoms with Gasteiger partial charge in [0.05, 0.1) is 16.1 Å². The zero-order chi connectivity index (χ0) is 15.1. The first kappa shape index (κ1) is 15.0. The lowest BCUT2D eigenvalue weighted by molar-refractivity contribution is 0.626. The molecular formula is C14H9Cl2FIN3. The maximum Gasteiger partial charge on any atom is 0.164 e. The molecule has 0 saturated carbocycles. The molecule has 0 amide bonds. The first-order valence-corrected chi connectivity index (χ1v) is 8.00. The third-order valence-corrected chi connectivity index (χ3v) is 4.26. The maximum absolute atomic E-state index is 13.3. The van der Waals surface area contributed by atoms with Gasteiger partial charge < -0.3 is 0 Å². The number of imidazole rings is 1. The minimum Gasteiger partial charge on any atom is -0.278 e. The van der Waals surface area contributed by atoms with Crippen LogP contribution in [-0.2, 0) is 0 Å². The van der Waals surface area contributed by atoms with Gasteiger partial charge in [-0.05, 0) is 53.8 Å². The summed E-state index contributed by atoms with van der Waals surface area (Å²) in [6, 6.07) is 6.29. The molecule has 2 heterocycles. The monoisotopic (exact) mass is 435 g/mol. The molecule has 0 saturated heterocycles. The molecule has 21 heavy (non-hydrogen) atoms. The van der Waals surface area contributed by atoms with Crippen LogP contribution < -0.4 is 0 Å². The second-order valence-electron chi connectivity index (χ2n) is 4.51. The largest absolute Gasteiger partial charge is 0.278 e. The summed E-state index contributed by atoms with van der Waals surface area (Å²) >= 11 is 14.3. The summed E-state index contributed by atoms with van der Waals surface area (Å²) in [6.45, 7) is 1.83. The lowest BCUT2D eigenvalue weighted by atomic mass is 10.3. The van der Waals surface area contributed by atoms with Gasteiger partial charge in [-0.25, -0.2) is 14.4 Å². The molecule has 2 aromatic heterocycles. The minimum absolute atomic E-state index is 0.288. The number of nitrogens with zero attached hydrogens (tertiary/aromatic N) is 3. The molecule has 0 N–H and O–H groups in total. The van der Waals surface area contributed by atoms with Crippen LogP contribution in [0.5, 0.6) is 0 Å². The van der Waals surface area contributed by atoms with E-state index in [0.717, 1.165) is 9.26 Å². The van der Waals surface area contributed by atoms with Gasteiger partial charge in [-0.15, -0.1) is 11.6 Å². The molecule has 0 radical (unpaired) electrons. The van der Waals surface area contributed by atoms with Crippen LogP contribution in [0.3, 0.4) is 0 Å². The molecule has 3 aromatic rings. The molecule has 1 atom stereocenters. The maximum atomic E-state index is 13.3. The SMILES string of the molecule is CC(Cl)c1nc2cc(Cl)cnc2n1-c1ccc(F)cc1I. The molecule has 0 fully saturated rings. The van der Waals surface area contributed by atoms with Crippen LogP contribution in [-0.4, -0.2) is 14.5 Å². The average Bonchev–Trinajstić information content (AvgIpc) is 2.77. The van der Waals surface area contributed by atoms with Crippen molar-refractivity contribution < 1.29 is 4.39 Å². The van der Waals surface area contributed by atoms with E-state index in [1.54, 1.807) is 18.3 Å². The molecular weight excluding hydrogens is 427 g/mol. The molecule has 1 unspecified atom stereocenters. The van der Waals surface area contributed by atoms with Gasteiger partial charge in [0.15, 0.2) is 5.65 Å². The van der Waals surface area contributed by atoms with E-state index in [-0.39, 0.29) is 11.2 Å². The molecule has 0 spiro atoms. The number of fused-ring (bicyclic) bond motifs is 1. The number of aromatic nitrogens is 3. The normalized spacial score (nSPS) is 12.8. The lowest BCUT2D eigenvalue weighted by Gasteiger charge is -2.11. The topological polar surface area (TPSA) is 30.7 Å². The van der Waals surface area contributed by atoms with Crippen molar-refractivity contribution in [3.05, 3.63) is 50.7 Å². The van der Waals surface area contributed by atoms with Crippen LogP contribution in [0.4, 0.5) is 4.39 Å². The molecule has 0 aliphatic carbocycles. The number of hydrogen-bond acceptors (Lipinski definition) is 2. The molecule has 0 aliphatic rings. The third-order valence-electron chi connectivity index (χ3n) is 3.00. The van der Waals surface area contributed by atoms with Gasteiger partial charge in [0, 0.05) is 9.77 Å². The fraction of sp³-hybridized carbons (Fsp3) is 0.143. The second-order valence-corrected chi connectivity index (χ2v) is 6.77. The summed E-state index contributed by atoms with van der Waals surface area (Å²) in [5.41, 5.74) is 2.09. The van der Waals surface area contributed by atoms with E-state index in [2.05, 4.69) is 32.6 Å². The van der Waals surface area contributed by atoms with Crippen LogP contribution in [0.15, 0.2) is 30.5 Å². The Morgan fingerprint density at radius 3 is 2.76 bits per heavy atom. The van der Waals surface area contributed by atoms with Crippen LogP contribution in [0.1, 0.15) is 18.1 Å². The zero-order valence-electron chi connectivity index (χ0n) is 10.8. The van der Waals surface area contributed by atoms with E-state index < -0.39 is 0 Å². The smallest absolute Gasteiger partial charge is 0.164 e. The Hall–Kier alpha value is -0.920. The van der Waals surface area contributed by atoms with Crippen molar-refractivity contribution >= 4 is 57.0 Å². The van der Waals surface area contributed by atoms with Crippen molar-refractivity contribution in [1.29, 1.82) is 0 Å². The Balaban J connectivity index is 2.36. The van der Waals surface area contributed by atoms with Gasteiger partial charge in [0.25, 0.3) is 0 Å². The van der Waals surface area contributed by atoms with Crippen molar-refractivity contribution in [2.75, 3.05) is 0 Å². The van der Waals surface area contributed by atoms with E-state index in [1.807, 2.05) is 11.5 Å². The van der Waals surface area contributed by atoms with E-state index >= 15 is 0 Å². The standard InChI is InChI=1S/C14H9Cl2FIN3/c1-7(15)13-20-11-4-8(16)6-19-14(11)21(13)12-3-2-9(17)5-10(12)18/h2-7H,1H3. The molecule has 108 valence electrons. The van der Waals surface area contributed by atoms with Gasteiger partial charge in [-0.2, -0.15) is 0 Å². The highest BCUT2D eigenvalue weighted by atomic mass is 127. The van der Waals surface area contributed by atoms with Crippen molar-refractivity contribution in [3.8, 4) is 5.69 Å². The van der Waals surface area contributed by atoms with Crippen LogP contribution >= 0.6 is 45.8 Å². The number of rotatable bonds is 2. The molecule has 7 heteroatoms. The quantitative estimate of drug-likeness (QED) is 0.413. The van der Waals surface area contributed by atoms with Crippen molar-refractivity contribution in [1.82, 2.24) is 14.5 Å². The van der Waals surface area contributed by atoms with E-state index in [9.17, 15) is 4.39 Å². The predicted octanol–water partition coefficient (Wildman–Crippen LogP) is 5.12. The van der Waals surface area contributed by atoms with Gasteiger partial charge in [-0.3, -0.25) is 4.57 Å². The second kappa shape index (κ2) is 5.70. The number of hydrogen-bond donors (Lipinski definition) is 0. The third kappa shape index (κ3) is 2.74. The summed E-state index contributed by atoms with van der Waals surface area (Å²) in [5, 5.41) is 0.188. The highest BCUT2D eigenvalue weighted by Gasteiger charge is 2.19. The summed E-state index contributed by atoms with van der Waals surface area (Å²) in [5.74, 6) is 0.356. The summed E-state index contributed by atoms with van der Waals surface area (Å²) in [4.78, 5) is 8.84. The van der Waals surface area contributed by atoms with Crippen LogP contribution in [0.25, 0.3) is 16.9 Å². The van der Waals surface area contributed by atoms with Crippen molar-refractivity contribution in [2.24, 2.45) is 0 Å². The number of pyridine rings is 1. The van der Waals surface area contributed by atoms with Crippen molar-refractivity contribution in [3.63, 3.8) is 0 Å². The van der Waals surface area contributed by atoms with E-state index in [4.69, 9.17) is 23.2 Å². The number of alkyl halides is 1. The van der Waals surface area contributed by atoms with E-state index in [1.165, 1.54) is 12.1 Å². The first-order chi connectivity index (χ1) is 9.97. The molecule has 1 aromatic carbocycles. The van der Waals surface area contributed by atoms with Gasteiger partial charge in [-0.1, -0.05) is 11.6 Å². The fourth-order valence-corrected chi connectivity index (χ4v) is 3.14. The Kier molecular flexibility index (Phi) is 4.07. The van der Waals surface area contributed by atoms with Gasteiger partial charge >= 0.3 is 0 Å². The highest BCUT2D eigenvalue weighted by molar-refractivity contribution is 14.1. The lowest BCUT2D eigenvalue weighted by Crippen LogP contribution is -2.04. The predicted molar refractivity (Wildman–Crippen MR) is 90.8 cm³/mol. The highest BCUT2D eigenvalue weighted by Crippen LogP contribution is 2.30. The molecule has 3 nitrogen and oxygen atoms in total. The average molecular weight is 436 g/mol. The van der Waals surface area contributed by atoms with Crippen LogP contribution in [0, 0.1) is 9.39 Å². The van der Waals surface area contributed by atoms with Crippen molar-refractivity contribution in [2.45, 2.75) is 12.3 Å². The summed E-state index contributed by atoms with van der Waals surface area (Å²) in [6.07, 6.45) is 1.56. The summed E-state index contributed by atoms with van der Waals surface area (Å²) in [7, 11) is 0. The number of halogens is 4. The Morgan fingerprint density at radius 1 is 1.33 bits per heavy atom.